The molecule has 2 aromatic rings. The quantitative estimate of drug-likeness (QED) is 0.843. The average molecular weight is 409 g/mol. The number of rotatable bonds is 4. The third kappa shape index (κ3) is 4.50. The zero-order chi connectivity index (χ0) is 21.1. The Bertz CT molecular complexity index is 956. The monoisotopic (exact) mass is 409 g/mol. The Morgan fingerprint density at radius 2 is 1.47 bits per heavy atom. The summed E-state index contributed by atoms with van der Waals surface area (Å²) in [5.74, 6) is -0.846. The predicted octanol–water partition coefficient (Wildman–Crippen LogP) is 3.16. The van der Waals surface area contributed by atoms with Gasteiger partial charge < -0.3 is 15.1 Å². The number of anilines is 1. The standard InChI is InChI=1S/C23H24FN3O3/c24-20-5-2-1-4-19(20)23(30)27-13-3-12-26(14-15-27)22(29)17-8-10-18(11-9-17)25-21(28)16-6-7-16/h1-2,4-5,8-11,16H,3,6-7,12-15H2,(H,25,28). The first-order chi connectivity index (χ1) is 14.5. The van der Waals surface area contributed by atoms with Crippen LogP contribution >= 0.6 is 0 Å². The first-order valence-electron chi connectivity index (χ1n) is 10.3. The van der Waals surface area contributed by atoms with E-state index in [1.54, 1.807) is 46.2 Å². The first kappa shape index (κ1) is 20.1. The Balaban J connectivity index is 1.36. The van der Waals surface area contributed by atoms with Gasteiger partial charge in [0, 0.05) is 43.3 Å². The first-order valence-corrected chi connectivity index (χ1v) is 10.3. The summed E-state index contributed by atoms with van der Waals surface area (Å²) in [5, 5.41) is 2.86. The number of halogens is 1. The minimum Gasteiger partial charge on any atom is -0.337 e. The molecule has 2 aliphatic rings. The second-order valence-electron chi connectivity index (χ2n) is 7.76. The van der Waals surface area contributed by atoms with Gasteiger partial charge in [0.15, 0.2) is 0 Å². The van der Waals surface area contributed by atoms with E-state index in [0.717, 1.165) is 12.8 Å². The van der Waals surface area contributed by atoms with Crippen LogP contribution in [0.15, 0.2) is 48.5 Å². The van der Waals surface area contributed by atoms with Crippen molar-refractivity contribution in [3.63, 3.8) is 0 Å². The number of hydrogen-bond acceptors (Lipinski definition) is 3. The number of hydrogen-bond donors (Lipinski definition) is 1. The number of carbonyl (C=O) groups is 3. The molecule has 4 rings (SSSR count). The maximum atomic E-state index is 13.9. The minimum absolute atomic E-state index is 0.0289. The third-order valence-electron chi connectivity index (χ3n) is 5.52. The fourth-order valence-electron chi connectivity index (χ4n) is 3.60. The van der Waals surface area contributed by atoms with Crippen molar-refractivity contribution in [2.45, 2.75) is 19.3 Å². The fraction of sp³-hybridized carbons (Fsp3) is 0.348. The van der Waals surface area contributed by atoms with Crippen molar-refractivity contribution in [2.24, 2.45) is 5.92 Å². The molecule has 2 aromatic carbocycles. The summed E-state index contributed by atoms with van der Waals surface area (Å²) < 4.78 is 13.9. The molecule has 7 heteroatoms. The molecule has 2 fully saturated rings. The summed E-state index contributed by atoms with van der Waals surface area (Å²) in [4.78, 5) is 40.7. The van der Waals surface area contributed by atoms with Gasteiger partial charge in [-0.2, -0.15) is 0 Å². The SMILES string of the molecule is O=C(Nc1ccc(C(=O)N2CCCN(C(=O)c3ccccc3F)CC2)cc1)C1CC1. The Morgan fingerprint density at radius 1 is 0.833 bits per heavy atom. The van der Waals surface area contributed by atoms with Gasteiger partial charge in [-0.3, -0.25) is 14.4 Å². The molecular weight excluding hydrogens is 385 g/mol. The van der Waals surface area contributed by atoms with Crippen LogP contribution in [0.4, 0.5) is 10.1 Å². The van der Waals surface area contributed by atoms with E-state index in [0.29, 0.717) is 43.9 Å². The van der Waals surface area contributed by atoms with Crippen LogP contribution in [0.2, 0.25) is 0 Å². The number of benzene rings is 2. The topological polar surface area (TPSA) is 69.7 Å². The second-order valence-corrected chi connectivity index (χ2v) is 7.76. The number of carbonyl (C=O) groups excluding carboxylic acids is 3. The van der Waals surface area contributed by atoms with Crippen LogP contribution < -0.4 is 5.32 Å². The van der Waals surface area contributed by atoms with Gasteiger partial charge in [0.25, 0.3) is 11.8 Å². The highest BCUT2D eigenvalue weighted by Gasteiger charge is 2.29. The van der Waals surface area contributed by atoms with E-state index in [4.69, 9.17) is 0 Å². The molecule has 0 bridgehead atoms. The lowest BCUT2D eigenvalue weighted by molar-refractivity contribution is -0.117. The maximum absolute atomic E-state index is 13.9. The molecule has 0 atom stereocenters. The van der Waals surface area contributed by atoms with E-state index >= 15 is 0 Å². The lowest BCUT2D eigenvalue weighted by Gasteiger charge is -2.22. The van der Waals surface area contributed by atoms with Crippen molar-refractivity contribution >= 4 is 23.4 Å². The van der Waals surface area contributed by atoms with Gasteiger partial charge in [0.2, 0.25) is 5.91 Å². The molecule has 1 N–H and O–H groups in total. The van der Waals surface area contributed by atoms with E-state index in [-0.39, 0.29) is 29.2 Å². The summed E-state index contributed by atoms with van der Waals surface area (Å²) in [6, 6.07) is 12.8. The molecule has 30 heavy (non-hydrogen) atoms. The maximum Gasteiger partial charge on any atom is 0.256 e. The second kappa shape index (κ2) is 8.65. The normalized spacial score (nSPS) is 16.7. The number of nitrogens with zero attached hydrogens (tertiary/aromatic N) is 2. The molecule has 1 saturated heterocycles. The predicted molar refractivity (Wildman–Crippen MR) is 111 cm³/mol. The molecule has 1 heterocycles. The summed E-state index contributed by atoms with van der Waals surface area (Å²) in [7, 11) is 0. The molecule has 0 aromatic heterocycles. The van der Waals surface area contributed by atoms with Crippen LogP contribution in [-0.4, -0.2) is 53.7 Å². The Labute approximate surface area is 174 Å². The van der Waals surface area contributed by atoms with Gasteiger partial charge in [-0.25, -0.2) is 4.39 Å². The number of nitrogens with one attached hydrogen (secondary N) is 1. The molecule has 156 valence electrons. The van der Waals surface area contributed by atoms with Crippen LogP contribution in [0.25, 0.3) is 0 Å². The van der Waals surface area contributed by atoms with Gasteiger partial charge in [-0.15, -0.1) is 0 Å². The number of amides is 3. The van der Waals surface area contributed by atoms with Gasteiger partial charge in [-0.05, 0) is 55.7 Å². The highest BCUT2D eigenvalue weighted by atomic mass is 19.1. The zero-order valence-electron chi connectivity index (χ0n) is 16.6. The van der Waals surface area contributed by atoms with E-state index in [1.807, 2.05) is 0 Å². The highest BCUT2D eigenvalue weighted by molar-refractivity contribution is 5.97. The van der Waals surface area contributed by atoms with Crippen molar-refractivity contribution in [1.29, 1.82) is 0 Å². The van der Waals surface area contributed by atoms with Crippen LogP contribution in [-0.2, 0) is 4.79 Å². The third-order valence-corrected chi connectivity index (χ3v) is 5.52. The van der Waals surface area contributed by atoms with Gasteiger partial charge in [0.1, 0.15) is 5.82 Å². The van der Waals surface area contributed by atoms with Crippen molar-refractivity contribution in [2.75, 3.05) is 31.5 Å². The van der Waals surface area contributed by atoms with E-state index < -0.39 is 5.82 Å². The fourth-order valence-corrected chi connectivity index (χ4v) is 3.60. The summed E-state index contributed by atoms with van der Waals surface area (Å²) in [6.07, 6.45) is 2.50. The van der Waals surface area contributed by atoms with Gasteiger partial charge in [0.05, 0.1) is 5.56 Å². The molecule has 1 saturated carbocycles. The van der Waals surface area contributed by atoms with Crippen molar-refractivity contribution < 1.29 is 18.8 Å². The van der Waals surface area contributed by atoms with Crippen LogP contribution in [0.5, 0.6) is 0 Å². The van der Waals surface area contributed by atoms with Gasteiger partial charge in [-0.1, -0.05) is 12.1 Å². The van der Waals surface area contributed by atoms with Crippen molar-refractivity contribution in [1.82, 2.24) is 9.80 Å². The average Bonchev–Trinajstić information content (AvgIpc) is 3.61. The molecule has 1 aliphatic heterocycles. The minimum atomic E-state index is -0.534. The molecule has 0 unspecified atom stereocenters. The van der Waals surface area contributed by atoms with Crippen LogP contribution in [0, 0.1) is 11.7 Å². The summed E-state index contributed by atoms with van der Waals surface area (Å²) >= 11 is 0. The molecular formula is C23H24FN3O3. The molecule has 0 spiro atoms. The van der Waals surface area contributed by atoms with E-state index in [9.17, 15) is 18.8 Å². The Hall–Kier alpha value is -3.22. The zero-order valence-corrected chi connectivity index (χ0v) is 16.6. The van der Waals surface area contributed by atoms with E-state index in [2.05, 4.69) is 5.32 Å². The Kier molecular flexibility index (Phi) is 5.79. The smallest absolute Gasteiger partial charge is 0.256 e. The van der Waals surface area contributed by atoms with E-state index in [1.165, 1.54) is 12.1 Å². The molecule has 6 nitrogen and oxygen atoms in total. The van der Waals surface area contributed by atoms with Crippen LogP contribution in [0.3, 0.4) is 0 Å². The van der Waals surface area contributed by atoms with Crippen molar-refractivity contribution in [3.8, 4) is 0 Å². The lowest BCUT2D eigenvalue weighted by Crippen LogP contribution is -2.37. The highest BCUT2D eigenvalue weighted by Crippen LogP contribution is 2.30. The summed E-state index contributed by atoms with van der Waals surface area (Å²) in [6.45, 7) is 1.75. The lowest BCUT2D eigenvalue weighted by atomic mass is 10.1. The molecule has 1 aliphatic carbocycles. The van der Waals surface area contributed by atoms with Gasteiger partial charge >= 0.3 is 0 Å². The molecule has 0 radical (unpaired) electrons. The summed E-state index contributed by atoms with van der Waals surface area (Å²) in [5.41, 5.74) is 1.27. The molecule has 3 amide bonds. The largest absolute Gasteiger partial charge is 0.337 e. The van der Waals surface area contributed by atoms with Crippen LogP contribution in [0.1, 0.15) is 40.0 Å². The van der Waals surface area contributed by atoms with Crippen molar-refractivity contribution in [3.05, 3.63) is 65.5 Å². The Morgan fingerprint density at radius 3 is 2.10 bits per heavy atom.